The van der Waals surface area contributed by atoms with Gasteiger partial charge in [0.15, 0.2) is 0 Å². The Morgan fingerprint density at radius 3 is 2.94 bits per heavy atom. The molecule has 1 amide bonds. The number of nitrogens with two attached hydrogens (primary N) is 1. The van der Waals surface area contributed by atoms with Gasteiger partial charge < -0.3 is 15.5 Å². The molecule has 1 unspecified atom stereocenters. The van der Waals surface area contributed by atoms with Crippen molar-refractivity contribution in [2.75, 3.05) is 5.73 Å². The lowest BCUT2D eigenvalue weighted by Gasteiger charge is -2.12. The maximum atomic E-state index is 11.9. The predicted molar refractivity (Wildman–Crippen MR) is 68.0 cm³/mol. The summed E-state index contributed by atoms with van der Waals surface area (Å²) in [5, 5.41) is 2.84. The minimum Gasteiger partial charge on any atom is -0.469 e. The van der Waals surface area contributed by atoms with E-state index in [1.807, 2.05) is 19.1 Å². The zero-order valence-electron chi connectivity index (χ0n) is 10.1. The normalized spacial score (nSPS) is 12.1. The van der Waals surface area contributed by atoms with Crippen LogP contribution in [0.3, 0.4) is 0 Å². The lowest BCUT2D eigenvalue weighted by molar-refractivity contribution is 0.0934. The Bertz CT molecular complexity index is 523. The van der Waals surface area contributed by atoms with Crippen molar-refractivity contribution in [1.82, 2.24) is 10.3 Å². The first kappa shape index (κ1) is 12.2. The average Bonchev–Trinajstić information content (AvgIpc) is 2.81. The van der Waals surface area contributed by atoms with Crippen LogP contribution in [-0.2, 0) is 6.42 Å². The van der Waals surface area contributed by atoms with Crippen LogP contribution < -0.4 is 11.1 Å². The third-order valence-corrected chi connectivity index (χ3v) is 2.47. The predicted octanol–water partition coefficient (Wildman–Crippen LogP) is 1.62. The molecule has 0 aliphatic carbocycles. The first-order valence-electron chi connectivity index (χ1n) is 5.71. The number of hydrogen-bond donors (Lipinski definition) is 2. The van der Waals surface area contributed by atoms with Gasteiger partial charge in [-0.3, -0.25) is 4.79 Å². The van der Waals surface area contributed by atoms with Crippen molar-refractivity contribution in [1.29, 1.82) is 0 Å². The Kier molecular flexibility index (Phi) is 3.62. The van der Waals surface area contributed by atoms with Crippen molar-refractivity contribution >= 4 is 11.7 Å². The molecule has 0 spiro atoms. The van der Waals surface area contributed by atoms with Gasteiger partial charge in [0.25, 0.3) is 5.91 Å². The van der Waals surface area contributed by atoms with E-state index < -0.39 is 0 Å². The van der Waals surface area contributed by atoms with Gasteiger partial charge in [0.05, 0.1) is 6.26 Å². The number of carbonyl (C=O) groups excluding carboxylic acids is 1. The maximum absolute atomic E-state index is 11.9. The van der Waals surface area contributed by atoms with Crippen LogP contribution in [0.1, 0.15) is 23.2 Å². The molecule has 2 heterocycles. The maximum Gasteiger partial charge on any atom is 0.270 e. The highest BCUT2D eigenvalue weighted by Gasteiger charge is 2.12. The van der Waals surface area contributed by atoms with Gasteiger partial charge in [-0.25, -0.2) is 4.98 Å². The number of furan rings is 1. The highest BCUT2D eigenvalue weighted by atomic mass is 16.3. The second-order valence-corrected chi connectivity index (χ2v) is 4.11. The van der Waals surface area contributed by atoms with Crippen molar-refractivity contribution in [3.05, 3.63) is 48.0 Å². The van der Waals surface area contributed by atoms with Crippen molar-refractivity contribution in [2.24, 2.45) is 0 Å². The van der Waals surface area contributed by atoms with Crippen molar-refractivity contribution in [3.63, 3.8) is 0 Å². The minimum absolute atomic E-state index is 0.0353. The Balaban J connectivity index is 1.95. The van der Waals surface area contributed by atoms with Crippen LogP contribution in [0.4, 0.5) is 5.82 Å². The quantitative estimate of drug-likeness (QED) is 0.857. The molecule has 0 radical (unpaired) electrons. The van der Waals surface area contributed by atoms with Crippen LogP contribution in [0.5, 0.6) is 0 Å². The summed E-state index contributed by atoms with van der Waals surface area (Å²) >= 11 is 0. The third kappa shape index (κ3) is 3.10. The summed E-state index contributed by atoms with van der Waals surface area (Å²) in [6.45, 7) is 1.91. The van der Waals surface area contributed by atoms with E-state index in [2.05, 4.69) is 10.3 Å². The van der Waals surface area contributed by atoms with E-state index in [1.54, 1.807) is 24.5 Å². The van der Waals surface area contributed by atoms with Gasteiger partial charge in [-0.15, -0.1) is 0 Å². The van der Waals surface area contributed by atoms with Gasteiger partial charge in [-0.1, -0.05) is 6.07 Å². The molecule has 0 bridgehead atoms. The average molecular weight is 245 g/mol. The number of aromatic nitrogens is 1. The molecular formula is C13H15N3O2. The molecular weight excluding hydrogens is 230 g/mol. The molecule has 0 fully saturated rings. The highest BCUT2D eigenvalue weighted by Crippen LogP contribution is 2.05. The second-order valence-electron chi connectivity index (χ2n) is 4.11. The van der Waals surface area contributed by atoms with Crippen molar-refractivity contribution < 1.29 is 9.21 Å². The molecule has 2 rings (SSSR count). The lowest BCUT2D eigenvalue weighted by atomic mass is 10.2. The van der Waals surface area contributed by atoms with E-state index in [-0.39, 0.29) is 11.9 Å². The van der Waals surface area contributed by atoms with E-state index >= 15 is 0 Å². The first-order valence-corrected chi connectivity index (χ1v) is 5.71. The SMILES string of the molecule is CC(Cc1ccco1)NC(=O)c1cccc(N)n1. The number of nitrogens with zero attached hydrogens (tertiary/aromatic N) is 1. The van der Waals surface area contributed by atoms with E-state index in [4.69, 9.17) is 10.2 Å². The summed E-state index contributed by atoms with van der Waals surface area (Å²) in [5.41, 5.74) is 5.85. The minimum atomic E-state index is -0.235. The van der Waals surface area contributed by atoms with Crippen LogP contribution in [0.25, 0.3) is 0 Å². The number of hydrogen-bond acceptors (Lipinski definition) is 4. The summed E-state index contributed by atoms with van der Waals surface area (Å²) in [6, 6.07) is 8.64. The molecule has 5 heteroatoms. The first-order chi connectivity index (χ1) is 8.65. The van der Waals surface area contributed by atoms with Crippen molar-refractivity contribution in [3.8, 4) is 0 Å². The number of carbonyl (C=O) groups is 1. The van der Waals surface area contributed by atoms with Crippen LogP contribution in [0.15, 0.2) is 41.0 Å². The molecule has 18 heavy (non-hydrogen) atoms. The Hall–Kier alpha value is -2.30. The van der Waals surface area contributed by atoms with Gasteiger partial charge in [0.1, 0.15) is 17.3 Å². The largest absolute Gasteiger partial charge is 0.469 e. The Morgan fingerprint density at radius 2 is 2.28 bits per heavy atom. The second kappa shape index (κ2) is 5.35. The summed E-state index contributed by atoms with van der Waals surface area (Å²) in [5.74, 6) is 0.936. The number of nitrogens with one attached hydrogen (secondary N) is 1. The van der Waals surface area contributed by atoms with Crippen LogP contribution in [0, 0.1) is 0 Å². The van der Waals surface area contributed by atoms with E-state index in [0.717, 1.165) is 5.76 Å². The molecule has 0 aromatic carbocycles. The molecule has 0 aliphatic rings. The Morgan fingerprint density at radius 1 is 1.44 bits per heavy atom. The van der Waals surface area contributed by atoms with Crippen LogP contribution in [0.2, 0.25) is 0 Å². The third-order valence-electron chi connectivity index (χ3n) is 2.47. The molecule has 0 saturated heterocycles. The number of pyridine rings is 1. The topological polar surface area (TPSA) is 81.2 Å². The molecule has 5 nitrogen and oxygen atoms in total. The molecule has 2 aromatic rings. The summed E-state index contributed by atoms with van der Waals surface area (Å²) < 4.78 is 5.22. The van der Waals surface area contributed by atoms with Crippen LogP contribution in [-0.4, -0.2) is 16.9 Å². The fourth-order valence-corrected chi connectivity index (χ4v) is 1.66. The molecule has 94 valence electrons. The standard InChI is InChI=1S/C13H15N3O2/c1-9(8-10-4-3-7-18-10)15-13(17)11-5-2-6-12(14)16-11/h2-7,9H,8H2,1H3,(H2,14,16)(H,15,17). The van der Waals surface area contributed by atoms with Gasteiger partial charge in [0, 0.05) is 12.5 Å². The zero-order chi connectivity index (χ0) is 13.0. The van der Waals surface area contributed by atoms with E-state index in [9.17, 15) is 4.79 Å². The summed E-state index contributed by atoms with van der Waals surface area (Å²) in [7, 11) is 0. The van der Waals surface area contributed by atoms with E-state index in [0.29, 0.717) is 17.9 Å². The van der Waals surface area contributed by atoms with E-state index in [1.165, 1.54) is 0 Å². The molecule has 0 aliphatic heterocycles. The number of rotatable bonds is 4. The summed E-state index contributed by atoms with van der Waals surface area (Å²) in [6.07, 6.45) is 2.25. The van der Waals surface area contributed by atoms with Gasteiger partial charge in [0.2, 0.25) is 0 Å². The smallest absolute Gasteiger partial charge is 0.270 e. The molecule has 0 saturated carbocycles. The molecule has 1 atom stereocenters. The fraction of sp³-hybridized carbons (Fsp3) is 0.231. The molecule has 3 N–H and O–H groups in total. The van der Waals surface area contributed by atoms with Gasteiger partial charge in [-0.2, -0.15) is 0 Å². The monoisotopic (exact) mass is 245 g/mol. The number of amides is 1. The van der Waals surface area contributed by atoms with Crippen molar-refractivity contribution in [2.45, 2.75) is 19.4 Å². The lowest BCUT2D eigenvalue weighted by Crippen LogP contribution is -2.34. The Labute approximate surface area is 105 Å². The van der Waals surface area contributed by atoms with Crippen LogP contribution >= 0.6 is 0 Å². The molecule has 2 aromatic heterocycles. The summed E-state index contributed by atoms with van der Waals surface area (Å²) in [4.78, 5) is 15.8. The van der Waals surface area contributed by atoms with Gasteiger partial charge >= 0.3 is 0 Å². The zero-order valence-corrected chi connectivity index (χ0v) is 10.1. The van der Waals surface area contributed by atoms with Gasteiger partial charge in [-0.05, 0) is 31.2 Å². The highest BCUT2D eigenvalue weighted by molar-refractivity contribution is 5.92. The number of anilines is 1. The fourth-order valence-electron chi connectivity index (χ4n) is 1.66. The number of nitrogen functional groups attached to an aromatic ring is 1.